The van der Waals surface area contributed by atoms with Gasteiger partial charge in [0, 0.05) is 13.1 Å². The van der Waals surface area contributed by atoms with Gasteiger partial charge in [0.2, 0.25) is 10.0 Å². The molecule has 6 nitrogen and oxygen atoms in total. The van der Waals surface area contributed by atoms with Gasteiger partial charge in [0.05, 0.1) is 16.9 Å². The van der Waals surface area contributed by atoms with Crippen molar-refractivity contribution >= 4 is 16.0 Å². The van der Waals surface area contributed by atoms with Gasteiger partial charge in [-0.05, 0) is 24.1 Å². The van der Waals surface area contributed by atoms with Crippen LogP contribution in [0.2, 0.25) is 0 Å². The smallest absolute Gasteiger partial charge is 0.335 e. The number of hydrogen-bond donors (Lipinski definition) is 2. The van der Waals surface area contributed by atoms with Gasteiger partial charge >= 0.3 is 5.97 Å². The van der Waals surface area contributed by atoms with Crippen molar-refractivity contribution in [2.75, 3.05) is 13.1 Å². The highest BCUT2D eigenvalue weighted by molar-refractivity contribution is 7.88. The molecule has 2 rings (SSSR count). The van der Waals surface area contributed by atoms with Crippen molar-refractivity contribution in [1.82, 2.24) is 4.31 Å². The molecule has 0 aliphatic carbocycles. The average Bonchev–Trinajstić information content (AvgIpc) is 2.36. The Morgan fingerprint density at radius 1 is 1.29 bits per heavy atom. The molecule has 1 fully saturated rings. The first-order valence-electron chi connectivity index (χ1n) is 6.78. The molecule has 0 amide bonds. The highest BCUT2D eigenvalue weighted by atomic mass is 32.2. The third kappa shape index (κ3) is 3.61. The fraction of sp³-hybridized carbons (Fsp3) is 0.500. The van der Waals surface area contributed by atoms with Crippen molar-refractivity contribution in [3.63, 3.8) is 0 Å². The molecule has 0 spiro atoms. The van der Waals surface area contributed by atoms with Gasteiger partial charge in [-0.25, -0.2) is 13.2 Å². The summed E-state index contributed by atoms with van der Waals surface area (Å²) in [5.41, 5.74) is -0.238. The van der Waals surface area contributed by atoms with E-state index in [2.05, 4.69) is 0 Å². The maximum absolute atomic E-state index is 12.2. The summed E-state index contributed by atoms with van der Waals surface area (Å²) in [6.07, 6.45) is 1.40. The van der Waals surface area contributed by atoms with E-state index < -0.39 is 21.6 Å². The Hall–Kier alpha value is -1.44. The zero-order valence-corrected chi connectivity index (χ0v) is 12.6. The van der Waals surface area contributed by atoms with Crippen molar-refractivity contribution in [2.45, 2.75) is 31.1 Å². The van der Waals surface area contributed by atoms with E-state index in [0.29, 0.717) is 12.0 Å². The number of hydrogen-bond acceptors (Lipinski definition) is 4. The van der Waals surface area contributed by atoms with Crippen LogP contribution in [-0.2, 0) is 15.8 Å². The lowest BCUT2D eigenvalue weighted by Crippen LogP contribution is -2.63. The number of aromatic carboxylic acids is 1. The lowest BCUT2D eigenvalue weighted by atomic mass is 9.92. The van der Waals surface area contributed by atoms with Crippen LogP contribution in [0.1, 0.15) is 35.7 Å². The van der Waals surface area contributed by atoms with E-state index in [9.17, 15) is 18.3 Å². The Kier molecular flexibility index (Phi) is 4.36. The number of rotatable bonds is 6. The van der Waals surface area contributed by atoms with Crippen LogP contribution in [0.15, 0.2) is 24.3 Å². The molecule has 1 aliphatic heterocycles. The Bertz CT molecular complexity index is 617. The summed E-state index contributed by atoms with van der Waals surface area (Å²) in [4.78, 5) is 10.7. The number of carbonyl (C=O) groups is 1. The summed E-state index contributed by atoms with van der Waals surface area (Å²) < 4.78 is 25.7. The number of benzene rings is 1. The SMILES string of the molecule is CCCC1(O)CN(S(=O)(=O)Cc2ccc(C(=O)O)cc2)C1. The first kappa shape index (κ1) is 15.9. The average molecular weight is 313 g/mol. The van der Waals surface area contributed by atoms with Crippen LogP contribution in [-0.4, -0.2) is 47.6 Å². The summed E-state index contributed by atoms with van der Waals surface area (Å²) >= 11 is 0. The number of nitrogens with zero attached hydrogens (tertiary/aromatic N) is 1. The van der Waals surface area contributed by atoms with Crippen molar-refractivity contribution in [3.05, 3.63) is 35.4 Å². The second kappa shape index (κ2) is 5.75. The van der Waals surface area contributed by atoms with Crippen LogP contribution >= 0.6 is 0 Å². The Morgan fingerprint density at radius 3 is 2.33 bits per heavy atom. The fourth-order valence-corrected chi connectivity index (χ4v) is 4.15. The van der Waals surface area contributed by atoms with E-state index in [4.69, 9.17) is 5.11 Å². The summed E-state index contributed by atoms with van der Waals surface area (Å²) in [6, 6.07) is 5.77. The maximum atomic E-state index is 12.2. The molecule has 116 valence electrons. The standard InChI is InChI=1S/C14H19NO5S/c1-2-7-14(18)9-15(10-14)21(19,20)8-11-3-5-12(6-4-11)13(16)17/h3-6,18H,2,7-10H2,1H3,(H,16,17). The van der Waals surface area contributed by atoms with Crippen LogP contribution in [0.3, 0.4) is 0 Å². The molecule has 0 unspecified atom stereocenters. The number of β-amino-alcohol motifs (C(OH)–C–C–N with tert-alkyl or cyclic N) is 1. The Labute approximate surface area is 124 Å². The van der Waals surface area contributed by atoms with Crippen LogP contribution in [0, 0.1) is 0 Å². The summed E-state index contributed by atoms with van der Waals surface area (Å²) in [5.74, 6) is -1.23. The molecule has 0 atom stereocenters. The molecule has 1 aromatic rings. The van der Waals surface area contributed by atoms with Crippen LogP contribution in [0.5, 0.6) is 0 Å². The minimum absolute atomic E-state index is 0.123. The number of carboxylic acid groups (broad SMARTS) is 1. The highest BCUT2D eigenvalue weighted by Gasteiger charge is 2.45. The molecule has 0 radical (unpaired) electrons. The third-order valence-electron chi connectivity index (χ3n) is 3.60. The molecule has 0 aromatic heterocycles. The van der Waals surface area contributed by atoms with Crippen molar-refractivity contribution in [1.29, 1.82) is 0 Å². The minimum atomic E-state index is -3.47. The van der Waals surface area contributed by atoms with Crippen molar-refractivity contribution in [3.8, 4) is 0 Å². The lowest BCUT2D eigenvalue weighted by Gasteiger charge is -2.45. The van der Waals surface area contributed by atoms with Crippen LogP contribution in [0.4, 0.5) is 0 Å². The van der Waals surface area contributed by atoms with Gasteiger partial charge in [0.15, 0.2) is 0 Å². The molecular formula is C14H19NO5S. The van der Waals surface area contributed by atoms with E-state index in [1.807, 2.05) is 6.92 Å². The molecule has 7 heteroatoms. The minimum Gasteiger partial charge on any atom is -0.478 e. The number of sulfonamides is 1. The summed E-state index contributed by atoms with van der Waals surface area (Å²) in [6.45, 7) is 2.21. The zero-order valence-electron chi connectivity index (χ0n) is 11.8. The molecule has 1 heterocycles. The molecule has 1 aromatic carbocycles. The van der Waals surface area contributed by atoms with Gasteiger partial charge in [-0.1, -0.05) is 25.5 Å². The van der Waals surface area contributed by atoms with Gasteiger partial charge in [-0.15, -0.1) is 0 Å². The largest absolute Gasteiger partial charge is 0.478 e. The molecule has 1 aliphatic rings. The molecular weight excluding hydrogens is 294 g/mol. The summed E-state index contributed by atoms with van der Waals surface area (Å²) in [7, 11) is -3.47. The first-order valence-corrected chi connectivity index (χ1v) is 8.39. The maximum Gasteiger partial charge on any atom is 0.335 e. The van der Waals surface area contributed by atoms with Crippen molar-refractivity contribution in [2.24, 2.45) is 0 Å². The van der Waals surface area contributed by atoms with E-state index >= 15 is 0 Å². The van der Waals surface area contributed by atoms with E-state index in [1.165, 1.54) is 28.6 Å². The van der Waals surface area contributed by atoms with Gasteiger partial charge in [-0.2, -0.15) is 4.31 Å². The van der Waals surface area contributed by atoms with E-state index in [-0.39, 0.29) is 24.4 Å². The topological polar surface area (TPSA) is 94.9 Å². The second-order valence-corrected chi connectivity index (χ2v) is 7.47. The van der Waals surface area contributed by atoms with E-state index in [1.54, 1.807) is 0 Å². The van der Waals surface area contributed by atoms with E-state index in [0.717, 1.165) is 6.42 Å². The van der Waals surface area contributed by atoms with Gasteiger partial charge in [0.25, 0.3) is 0 Å². The van der Waals surface area contributed by atoms with Gasteiger partial charge in [-0.3, -0.25) is 0 Å². The highest BCUT2D eigenvalue weighted by Crippen LogP contribution is 2.29. The Balaban J connectivity index is 2.01. The predicted octanol–water partition coefficient (Wildman–Crippen LogP) is 1.06. The second-order valence-electron chi connectivity index (χ2n) is 5.50. The first-order chi connectivity index (χ1) is 9.76. The molecule has 2 N–H and O–H groups in total. The molecule has 0 bridgehead atoms. The molecule has 21 heavy (non-hydrogen) atoms. The summed E-state index contributed by atoms with van der Waals surface area (Å²) in [5, 5.41) is 18.8. The molecule has 0 saturated carbocycles. The quantitative estimate of drug-likeness (QED) is 0.819. The lowest BCUT2D eigenvalue weighted by molar-refractivity contribution is -0.0654. The number of aliphatic hydroxyl groups is 1. The Morgan fingerprint density at radius 2 is 1.86 bits per heavy atom. The third-order valence-corrected chi connectivity index (χ3v) is 5.34. The van der Waals surface area contributed by atoms with Crippen LogP contribution < -0.4 is 0 Å². The van der Waals surface area contributed by atoms with Gasteiger partial charge in [0.1, 0.15) is 0 Å². The molecule has 1 saturated heterocycles. The van der Waals surface area contributed by atoms with Crippen LogP contribution in [0.25, 0.3) is 0 Å². The monoisotopic (exact) mass is 313 g/mol. The normalized spacial score (nSPS) is 18.2. The predicted molar refractivity (Wildman–Crippen MR) is 77.5 cm³/mol. The van der Waals surface area contributed by atoms with Gasteiger partial charge < -0.3 is 10.2 Å². The fourth-order valence-electron chi connectivity index (χ4n) is 2.48. The zero-order chi connectivity index (χ0) is 15.7. The van der Waals surface area contributed by atoms with Crippen molar-refractivity contribution < 1.29 is 23.4 Å². The number of carboxylic acids is 1.